The molecule has 0 amide bonds. The molecule has 0 saturated heterocycles. The van der Waals surface area contributed by atoms with Crippen molar-refractivity contribution < 1.29 is 0 Å². The first-order valence-corrected chi connectivity index (χ1v) is 16.3. The zero-order valence-corrected chi connectivity index (χ0v) is 27.0. The molecule has 0 bridgehead atoms. The Morgan fingerprint density at radius 3 is 1.74 bits per heavy atom. The monoisotopic (exact) mass is 603 g/mol. The lowest BCUT2D eigenvalue weighted by Gasteiger charge is -2.31. The second-order valence-electron chi connectivity index (χ2n) is 13.0. The number of nitrogens with zero attached hydrogens (tertiary/aromatic N) is 3. The Balaban J connectivity index is 1.31. The van der Waals surface area contributed by atoms with Crippen LogP contribution in [-0.2, 0) is 5.41 Å². The molecular weight excluding hydrogens is 571 g/mol. The number of aromatic nitrogens is 3. The molecule has 7 aromatic rings. The molecule has 2 aliphatic carbocycles. The third-order valence-corrected chi connectivity index (χ3v) is 10.2. The topological polar surface area (TPSA) is 38.7 Å². The van der Waals surface area contributed by atoms with Crippen molar-refractivity contribution >= 4 is 0 Å². The van der Waals surface area contributed by atoms with E-state index in [-0.39, 0.29) is 0 Å². The molecule has 1 spiro atoms. The van der Waals surface area contributed by atoms with Crippen molar-refractivity contribution in [3.63, 3.8) is 0 Å². The number of aryl methyl sites for hydroxylation is 4. The molecule has 2 heterocycles. The molecular formula is C44H33N3. The normalized spacial score (nSPS) is 13.3. The minimum atomic E-state index is -0.449. The molecule has 2 aromatic heterocycles. The lowest BCUT2D eigenvalue weighted by molar-refractivity contribution is 0.794. The van der Waals surface area contributed by atoms with E-state index in [0.29, 0.717) is 0 Å². The van der Waals surface area contributed by atoms with Gasteiger partial charge in [-0.2, -0.15) is 0 Å². The zero-order valence-electron chi connectivity index (χ0n) is 27.0. The van der Waals surface area contributed by atoms with Gasteiger partial charge in [-0.1, -0.05) is 91.0 Å². The van der Waals surface area contributed by atoms with E-state index in [1.165, 1.54) is 72.3 Å². The van der Waals surface area contributed by atoms with E-state index in [0.717, 1.165) is 28.5 Å². The molecule has 0 radical (unpaired) electrons. The van der Waals surface area contributed by atoms with Gasteiger partial charge in [0.1, 0.15) is 5.82 Å². The summed E-state index contributed by atoms with van der Waals surface area (Å²) in [6.07, 6.45) is 1.89. The van der Waals surface area contributed by atoms with Crippen LogP contribution in [0.15, 0.2) is 128 Å². The Morgan fingerprint density at radius 2 is 1.06 bits per heavy atom. The quantitative estimate of drug-likeness (QED) is 0.202. The zero-order chi connectivity index (χ0) is 31.9. The van der Waals surface area contributed by atoms with Crippen molar-refractivity contribution in [3.8, 4) is 55.8 Å². The summed E-state index contributed by atoms with van der Waals surface area (Å²) < 4.78 is 0. The lowest BCUT2D eigenvalue weighted by Crippen LogP contribution is -2.26. The molecule has 0 aliphatic heterocycles. The Hall–Kier alpha value is -5.67. The van der Waals surface area contributed by atoms with E-state index >= 15 is 0 Å². The molecule has 0 fully saturated rings. The highest BCUT2D eigenvalue weighted by Crippen LogP contribution is 2.63. The molecule has 224 valence electrons. The molecule has 3 heteroatoms. The van der Waals surface area contributed by atoms with Gasteiger partial charge in [-0.3, -0.25) is 4.98 Å². The van der Waals surface area contributed by atoms with Crippen molar-refractivity contribution in [1.82, 2.24) is 15.0 Å². The molecule has 0 N–H and O–H groups in total. The Labute approximate surface area is 275 Å². The van der Waals surface area contributed by atoms with Crippen LogP contribution in [0.3, 0.4) is 0 Å². The van der Waals surface area contributed by atoms with Crippen LogP contribution in [0.4, 0.5) is 0 Å². The lowest BCUT2D eigenvalue weighted by atomic mass is 9.70. The van der Waals surface area contributed by atoms with Crippen LogP contribution in [0.5, 0.6) is 0 Å². The number of benzene rings is 5. The van der Waals surface area contributed by atoms with Crippen LogP contribution in [0.2, 0.25) is 0 Å². The van der Waals surface area contributed by atoms with Crippen LogP contribution < -0.4 is 0 Å². The van der Waals surface area contributed by atoms with Gasteiger partial charge in [-0.25, -0.2) is 9.97 Å². The minimum absolute atomic E-state index is 0.449. The van der Waals surface area contributed by atoms with Crippen LogP contribution >= 0.6 is 0 Å². The summed E-state index contributed by atoms with van der Waals surface area (Å²) in [5.74, 6) is 0.790. The summed E-state index contributed by atoms with van der Waals surface area (Å²) in [5, 5.41) is 0. The van der Waals surface area contributed by atoms with Gasteiger partial charge in [0.05, 0.1) is 11.1 Å². The first-order chi connectivity index (χ1) is 22.9. The van der Waals surface area contributed by atoms with Gasteiger partial charge in [0.2, 0.25) is 0 Å². The first-order valence-electron chi connectivity index (χ1n) is 16.3. The maximum absolute atomic E-state index is 4.87. The van der Waals surface area contributed by atoms with E-state index in [1.807, 2.05) is 20.0 Å². The smallest absolute Gasteiger partial charge is 0.126 e. The fourth-order valence-electron chi connectivity index (χ4n) is 8.33. The van der Waals surface area contributed by atoms with Crippen LogP contribution in [-0.4, -0.2) is 15.0 Å². The third-order valence-electron chi connectivity index (χ3n) is 10.2. The van der Waals surface area contributed by atoms with Crippen molar-refractivity contribution in [3.05, 3.63) is 173 Å². The summed E-state index contributed by atoms with van der Waals surface area (Å²) in [7, 11) is 0. The number of pyridine rings is 1. The number of hydrogen-bond acceptors (Lipinski definition) is 3. The summed E-state index contributed by atoms with van der Waals surface area (Å²) in [6.45, 7) is 8.27. The molecule has 0 saturated carbocycles. The average Bonchev–Trinajstić information content (AvgIpc) is 3.54. The molecule has 0 atom stereocenters. The van der Waals surface area contributed by atoms with E-state index in [9.17, 15) is 0 Å². The Bertz CT molecular complexity index is 2330. The highest BCUT2D eigenvalue weighted by molar-refractivity contribution is 5.96. The van der Waals surface area contributed by atoms with E-state index in [2.05, 4.69) is 145 Å². The molecule has 2 aliphatic rings. The Morgan fingerprint density at radius 1 is 0.468 bits per heavy atom. The van der Waals surface area contributed by atoms with Crippen LogP contribution in [0.25, 0.3) is 55.8 Å². The minimum Gasteiger partial charge on any atom is -0.261 e. The van der Waals surface area contributed by atoms with Gasteiger partial charge in [-0.05, 0) is 125 Å². The second-order valence-corrected chi connectivity index (χ2v) is 13.0. The van der Waals surface area contributed by atoms with Crippen LogP contribution in [0, 0.1) is 27.7 Å². The molecule has 0 unspecified atom stereocenters. The Kier molecular flexibility index (Phi) is 5.98. The summed E-state index contributed by atoms with van der Waals surface area (Å²) in [6, 6.07) is 45.1. The largest absolute Gasteiger partial charge is 0.261 e. The van der Waals surface area contributed by atoms with Gasteiger partial charge in [0.25, 0.3) is 0 Å². The predicted molar refractivity (Wildman–Crippen MR) is 191 cm³/mol. The highest BCUT2D eigenvalue weighted by Gasteiger charge is 2.51. The van der Waals surface area contributed by atoms with Gasteiger partial charge in [0.15, 0.2) is 0 Å². The summed E-state index contributed by atoms with van der Waals surface area (Å²) >= 11 is 0. The van der Waals surface area contributed by atoms with E-state index in [1.54, 1.807) is 0 Å². The molecule has 3 nitrogen and oxygen atoms in total. The fourth-order valence-corrected chi connectivity index (χ4v) is 8.33. The van der Waals surface area contributed by atoms with Gasteiger partial charge < -0.3 is 0 Å². The summed E-state index contributed by atoms with van der Waals surface area (Å²) in [4.78, 5) is 14.0. The average molecular weight is 604 g/mol. The van der Waals surface area contributed by atoms with Gasteiger partial charge in [0, 0.05) is 28.7 Å². The van der Waals surface area contributed by atoms with Crippen LogP contribution in [0.1, 0.15) is 45.0 Å². The fraction of sp³-hybridized carbons (Fsp3) is 0.114. The maximum atomic E-state index is 4.87. The van der Waals surface area contributed by atoms with E-state index < -0.39 is 5.41 Å². The number of rotatable bonds is 3. The molecule has 47 heavy (non-hydrogen) atoms. The molecule has 9 rings (SSSR count). The van der Waals surface area contributed by atoms with Gasteiger partial charge >= 0.3 is 0 Å². The number of hydrogen-bond donors (Lipinski definition) is 0. The van der Waals surface area contributed by atoms with Crippen molar-refractivity contribution in [2.75, 3.05) is 0 Å². The van der Waals surface area contributed by atoms with Crippen molar-refractivity contribution in [2.45, 2.75) is 33.1 Å². The molecule has 5 aromatic carbocycles. The highest BCUT2D eigenvalue weighted by atomic mass is 14.9. The maximum Gasteiger partial charge on any atom is 0.126 e. The van der Waals surface area contributed by atoms with Crippen molar-refractivity contribution in [2.24, 2.45) is 0 Å². The van der Waals surface area contributed by atoms with Gasteiger partial charge in [-0.15, -0.1) is 0 Å². The van der Waals surface area contributed by atoms with E-state index in [4.69, 9.17) is 4.98 Å². The predicted octanol–water partition coefficient (Wildman–Crippen LogP) is 10.4. The number of fused-ring (bicyclic) bond motifs is 10. The SMILES string of the molecule is Cc1cc(-c2ccc3c(c2)C2(c4ccccc4-c4ccccc42)c2cc(-c4cccc(-c5c(C)ccnc5C)c4)ccc2-3)nc(C)n1. The second kappa shape index (κ2) is 10.2. The first kappa shape index (κ1) is 27.6. The third kappa shape index (κ3) is 3.96. The summed E-state index contributed by atoms with van der Waals surface area (Å²) in [5.41, 5.74) is 20.2. The standard InChI is InChI=1S/C44H33N3/c1-26-20-21-45-28(3)43(26)33-11-9-10-30(23-33)31-16-18-36-37-19-17-32(42-22-27(2)46-29(4)47-42)25-41(37)44(40(36)24-31)38-14-7-5-12-34(38)35-13-6-8-15-39(35)44/h5-25H,1-4H3. The van der Waals surface area contributed by atoms with Crippen molar-refractivity contribution in [1.29, 1.82) is 0 Å².